The first-order valence-electron chi connectivity index (χ1n) is 9.06. The lowest BCUT2D eigenvalue weighted by atomic mass is 9.97. The molecule has 7 heteroatoms. The summed E-state index contributed by atoms with van der Waals surface area (Å²) >= 11 is 1.29. The van der Waals surface area contributed by atoms with Crippen LogP contribution in [0, 0.1) is 0 Å². The molecule has 3 rings (SSSR count). The molecule has 1 aliphatic rings. The highest BCUT2D eigenvalue weighted by atomic mass is 32.2. The van der Waals surface area contributed by atoms with Crippen LogP contribution in [0.3, 0.4) is 0 Å². The van der Waals surface area contributed by atoms with Gasteiger partial charge in [0.05, 0.1) is 11.9 Å². The van der Waals surface area contributed by atoms with Crippen LogP contribution in [0.25, 0.3) is 0 Å². The number of hydrogen-bond donors (Lipinski definition) is 2. The first kappa shape index (κ1) is 18.9. The molecule has 5 nitrogen and oxygen atoms in total. The molecule has 0 atom stereocenters. The fraction of sp³-hybridized carbons (Fsp3) is 0.421. The van der Waals surface area contributed by atoms with Crippen molar-refractivity contribution in [3.05, 3.63) is 47.0 Å². The van der Waals surface area contributed by atoms with E-state index in [-0.39, 0.29) is 0 Å². The molecular formula is C19H25N3O2S2. The number of aromatic nitrogens is 1. The van der Waals surface area contributed by atoms with Crippen molar-refractivity contribution in [1.82, 2.24) is 4.98 Å². The van der Waals surface area contributed by atoms with Gasteiger partial charge in [-0.3, -0.25) is 4.72 Å². The molecule has 0 saturated heterocycles. The predicted molar refractivity (Wildman–Crippen MR) is 108 cm³/mol. The second-order valence-electron chi connectivity index (χ2n) is 6.40. The summed E-state index contributed by atoms with van der Waals surface area (Å²) < 4.78 is 27.7. The maximum Gasteiger partial charge on any atom is 0.272 e. The van der Waals surface area contributed by atoms with E-state index in [9.17, 15) is 8.42 Å². The second-order valence-corrected chi connectivity index (χ2v) is 9.47. The van der Waals surface area contributed by atoms with Crippen molar-refractivity contribution < 1.29 is 8.42 Å². The molecule has 2 aromatic heterocycles. The number of nitrogens with one attached hydrogen (secondary N) is 2. The summed E-state index contributed by atoms with van der Waals surface area (Å²) in [7, 11) is -3.57. The quantitative estimate of drug-likeness (QED) is 0.634. The smallest absolute Gasteiger partial charge is 0.272 e. The molecule has 1 aliphatic carbocycles. The number of rotatable bonds is 8. The highest BCUT2D eigenvalue weighted by Gasteiger charge is 2.17. The molecule has 26 heavy (non-hydrogen) atoms. The summed E-state index contributed by atoms with van der Waals surface area (Å²) in [5.41, 5.74) is 2.43. The Labute approximate surface area is 159 Å². The minimum atomic E-state index is -3.57. The third kappa shape index (κ3) is 5.08. The van der Waals surface area contributed by atoms with Crippen LogP contribution in [0.2, 0.25) is 0 Å². The van der Waals surface area contributed by atoms with Crippen molar-refractivity contribution in [2.75, 3.05) is 16.6 Å². The number of thiophene rings is 1. The molecule has 0 aromatic carbocycles. The molecule has 2 N–H and O–H groups in total. The molecule has 140 valence electrons. The Morgan fingerprint density at radius 3 is 2.73 bits per heavy atom. The molecule has 0 aliphatic heterocycles. The van der Waals surface area contributed by atoms with Crippen molar-refractivity contribution in [1.29, 1.82) is 0 Å². The number of allylic oxidation sites excluding steroid dienone is 1. The maximum atomic E-state index is 12.4. The highest BCUT2D eigenvalue weighted by molar-refractivity contribution is 7.94. The van der Waals surface area contributed by atoms with Gasteiger partial charge in [0.1, 0.15) is 10.0 Å². The Hall–Kier alpha value is -1.86. The third-order valence-electron chi connectivity index (χ3n) is 4.41. The fourth-order valence-corrected chi connectivity index (χ4v) is 5.24. The normalized spacial score (nSPS) is 14.7. The number of pyridine rings is 1. The number of aryl methyl sites for hydroxylation is 1. The van der Waals surface area contributed by atoms with Crippen molar-refractivity contribution in [3.63, 3.8) is 0 Å². The minimum absolute atomic E-state index is 0.319. The lowest BCUT2D eigenvalue weighted by Crippen LogP contribution is -2.12. The van der Waals surface area contributed by atoms with E-state index < -0.39 is 10.0 Å². The molecule has 0 spiro atoms. The van der Waals surface area contributed by atoms with Crippen molar-refractivity contribution >= 4 is 32.9 Å². The average Bonchev–Trinajstić information content (AvgIpc) is 3.14. The summed E-state index contributed by atoms with van der Waals surface area (Å²) in [6, 6.07) is 7.03. The zero-order valence-electron chi connectivity index (χ0n) is 15.0. The van der Waals surface area contributed by atoms with E-state index in [2.05, 4.69) is 21.1 Å². The van der Waals surface area contributed by atoms with E-state index in [1.807, 2.05) is 19.1 Å². The van der Waals surface area contributed by atoms with E-state index in [0.717, 1.165) is 30.0 Å². The fourth-order valence-electron chi connectivity index (χ4n) is 2.94. The Balaban J connectivity index is 1.54. The minimum Gasteiger partial charge on any atom is -0.383 e. The third-order valence-corrected chi connectivity index (χ3v) is 7.49. The molecule has 0 saturated carbocycles. The molecule has 0 unspecified atom stereocenters. The van der Waals surface area contributed by atoms with Crippen LogP contribution in [0.5, 0.6) is 0 Å². The summed E-state index contributed by atoms with van der Waals surface area (Å²) in [5.74, 6) is 0.331. The van der Waals surface area contributed by atoms with Gasteiger partial charge < -0.3 is 5.32 Å². The first-order chi connectivity index (χ1) is 12.6. The summed E-state index contributed by atoms with van der Waals surface area (Å²) in [6.45, 7) is 2.88. The van der Waals surface area contributed by atoms with Crippen LogP contribution in [-0.4, -0.2) is 19.9 Å². The largest absolute Gasteiger partial charge is 0.383 e. The Morgan fingerprint density at radius 1 is 1.19 bits per heavy atom. The summed E-state index contributed by atoms with van der Waals surface area (Å²) in [4.78, 5) is 5.27. The van der Waals surface area contributed by atoms with Crippen LogP contribution < -0.4 is 10.0 Å². The molecule has 0 fully saturated rings. The topological polar surface area (TPSA) is 71.1 Å². The van der Waals surface area contributed by atoms with Gasteiger partial charge in [-0.15, -0.1) is 11.3 Å². The molecule has 0 bridgehead atoms. The lowest BCUT2D eigenvalue weighted by Gasteiger charge is -2.13. The van der Waals surface area contributed by atoms with Crippen LogP contribution in [0.1, 0.15) is 43.9 Å². The van der Waals surface area contributed by atoms with E-state index in [4.69, 9.17) is 0 Å². The first-order valence-corrected chi connectivity index (χ1v) is 11.4. The van der Waals surface area contributed by atoms with Gasteiger partial charge in [-0.25, -0.2) is 13.4 Å². The highest BCUT2D eigenvalue weighted by Crippen LogP contribution is 2.24. The van der Waals surface area contributed by atoms with Crippen LogP contribution in [0.15, 0.2) is 46.3 Å². The van der Waals surface area contributed by atoms with Crippen molar-refractivity contribution in [2.24, 2.45) is 0 Å². The lowest BCUT2D eigenvalue weighted by molar-refractivity contribution is 0.603. The maximum absolute atomic E-state index is 12.4. The molecule has 0 radical (unpaired) electrons. The van der Waals surface area contributed by atoms with Crippen molar-refractivity contribution in [3.8, 4) is 0 Å². The van der Waals surface area contributed by atoms with Gasteiger partial charge in [-0.05, 0) is 62.8 Å². The van der Waals surface area contributed by atoms with E-state index in [0.29, 0.717) is 10.0 Å². The summed E-state index contributed by atoms with van der Waals surface area (Å²) in [5, 5.41) is 3.35. The Morgan fingerprint density at radius 2 is 2.08 bits per heavy atom. The number of sulfonamides is 1. The van der Waals surface area contributed by atoms with Crippen molar-refractivity contribution in [2.45, 2.75) is 49.7 Å². The van der Waals surface area contributed by atoms with Crippen LogP contribution >= 0.6 is 11.3 Å². The van der Waals surface area contributed by atoms with Gasteiger partial charge in [-0.1, -0.05) is 18.6 Å². The molecule has 2 aromatic rings. The van der Waals surface area contributed by atoms with Gasteiger partial charge in [0, 0.05) is 11.4 Å². The zero-order chi connectivity index (χ0) is 18.4. The van der Waals surface area contributed by atoms with E-state index >= 15 is 0 Å². The zero-order valence-corrected chi connectivity index (χ0v) is 16.6. The average molecular weight is 392 g/mol. The van der Waals surface area contributed by atoms with E-state index in [1.54, 1.807) is 18.3 Å². The van der Waals surface area contributed by atoms with Gasteiger partial charge in [0.2, 0.25) is 0 Å². The van der Waals surface area contributed by atoms with Gasteiger partial charge in [0.25, 0.3) is 10.0 Å². The van der Waals surface area contributed by atoms with Gasteiger partial charge >= 0.3 is 0 Å². The number of anilines is 2. The standard InChI is InChI=1S/C19H25N3O2S2/c1-2-17-9-11-19(25-17)26(23,24)22-18-10-8-16(14-21-18)20-13-12-15-6-4-3-5-7-15/h6,8-11,14,20H,2-5,7,12-13H2,1H3,(H,21,22). The monoisotopic (exact) mass is 391 g/mol. The molecule has 2 heterocycles. The van der Waals surface area contributed by atoms with Gasteiger partial charge in [-0.2, -0.15) is 0 Å². The summed E-state index contributed by atoms with van der Waals surface area (Å²) in [6.07, 6.45) is 10.9. The van der Waals surface area contributed by atoms with Gasteiger partial charge in [0.15, 0.2) is 0 Å². The van der Waals surface area contributed by atoms with Crippen LogP contribution in [-0.2, 0) is 16.4 Å². The predicted octanol–water partition coefficient (Wildman–Crippen LogP) is 4.81. The molecule has 0 amide bonds. The number of nitrogens with zero attached hydrogens (tertiary/aromatic N) is 1. The molecular weight excluding hydrogens is 366 g/mol. The SMILES string of the molecule is CCc1ccc(S(=O)(=O)Nc2ccc(NCCC3=CCCCC3)cn2)s1. The Kier molecular flexibility index (Phi) is 6.32. The second kappa shape index (κ2) is 8.68. The Bertz CT molecular complexity index is 855. The van der Waals surface area contributed by atoms with Crippen LogP contribution in [0.4, 0.5) is 11.5 Å². The van der Waals surface area contributed by atoms with E-state index in [1.165, 1.54) is 42.6 Å². The number of hydrogen-bond acceptors (Lipinski definition) is 5.